The molecule has 4 aromatic rings. The molecule has 2 aromatic carbocycles. The molecule has 2 N–H and O–H groups in total. The van der Waals surface area contributed by atoms with Gasteiger partial charge in [-0.05, 0) is 66.7 Å². The number of amides is 4. The van der Waals surface area contributed by atoms with Gasteiger partial charge in [0.1, 0.15) is 47.5 Å². The van der Waals surface area contributed by atoms with Crippen LogP contribution in [0.1, 0.15) is 112 Å². The van der Waals surface area contributed by atoms with E-state index < -0.39 is 143 Å². The van der Waals surface area contributed by atoms with Crippen molar-refractivity contribution in [1.82, 2.24) is 40.4 Å². The third-order valence-corrected chi connectivity index (χ3v) is 17.2. The molecule has 6 aliphatic rings. The number of methoxy groups -OCH3 is 2. The quantitative estimate of drug-likeness (QED) is 0.137. The SMILES string of the molecule is CC[C@@H]1[C@@H]2CN(C(=O)[C@H](C(C)(C)C)NC(=O)O[C@@H]3C[C@H]3COCCC(F)(F)c3nc4ccc(OC)cc4nc3O2)[C@@H]1[C-]=O.CC[C@@H]1[C@@H]2CN(C(=O)[C@H](C(C)(C)C)NC(=O)O[C@]3(C)C[C@H]3COCCC(F)(F)c3nc4ccc(OC)cc4nc3O2)[C@@H]1[C-]=O.[V].[V]. The van der Waals surface area contributed by atoms with Crippen molar-refractivity contribution in [3.8, 4) is 23.3 Å². The molecule has 4 fully saturated rings. The average Bonchev–Trinajstić information content (AvgIpc) is 1.84. The van der Waals surface area contributed by atoms with Crippen molar-refractivity contribution in [2.24, 2.45) is 34.5 Å². The van der Waals surface area contributed by atoms with Gasteiger partial charge in [-0.2, -0.15) is 17.6 Å². The van der Waals surface area contributed by atoms with Crippen molar-refractivity contribution in [1.29, 1.82) is 0 Å². The molecule has 2 saturated carbocycles. The van der Waals surface area contributed by atoms with Crippen LogP contribution in [0, 0.1) is 34.5 Å². The predicted octanol–water partition coefficient (Wildman–Crippen LogP) is 7.93. The minimum atomic E-state index is -3.49. The first-order valence-corrected chi connectivity index (χ1v) is 29.4. The summed E-state index contributed by atoms with van der Waals surface area (Å²) in [5.74, 6) is -9.44. The van der Waals surface area contributed by atoms with Crippen LogP contribution in [-0.2, 0) is 87.1 Å². The number of alkyl halides is 4. The van der Waals surface area contributed by atoms with E-state index in [0.29, 0.717) is 37.2 Å². The fraction of sp³-hybridized carbons (Fsp3) is 0.639. The molecule has 2 radical (unpaired) electrons. The summed E-state index contributed by atoms with van der Waals surface area (Å²) in [6.07, 6.45) is 0.483. The molecule has 10 rings (SSSR count). The Morgan fingerprint density at radius 2 is 1.07 bits per heavy atom. The Balaban J connectivity index is 0.000000248. The van der Waals surface area contributed by atoms with E-state index >= 15 is 17.6 Å². The molecule has 22 nitrogen and oxygen atoms in total. The smallest absolute Gasteiger partial charge is 0.408 e. The normalized spacial score (nSPS) is 29.7. The summed E-state index contributed by atoms with van der Waals surface area (Å²) in [7, 11) is 2.95. The predicted molar refractivity (Wildman–Crippen MR) is 304 cm³/mol. The van der Waals surface area contributed by atoms with Crippen molar-refractivity contribution in [2.45, 2.75) is 161 Å². The molecule has 12 atom stereocenters. The summed E-state index contributed by atoms with van der Waals surface area (Å²) in [5, 5.41) is 5.40. The van der Waals surface area contributed by atoms with Crippen LogP contribution in [0.3, 0.4) is 0 Å². The summed E-state index contributed by atoms with van der Waals surface area (Å²) >= 11 is 0. The molecule has 2 saturated heterocycles. The van der Waals surface area contributed by atoms with Gasteiger partial charge in [-0.25, -0.2) is 42.1 Å². The van der Waals surface area contributed by atoms with E-state index in [2.05, 4.69) is 30.6 Å². The van der Waals surface area contributed by atoms with Gasteiger partial charge in [-0.1, -0.05) is 80.3 Å². The number of nitrogens with zero attached hydrogens (tertiary/aromatic N) is 6. The molecule has 28 heteroatoms. The number of hydrogen-bond acceptors (Lipinski definition) is 18. The van der Waals surface area contributed by atoms with E-state index in [1.807, 2.05) is 26.4 Å². The number of benzene rings is 2. The van der Waals surface area contributed by atoms with Crippen LogP contribution < -0.4 is 29.6 Å². The summed E-state index contributed by atoms with van der Waals surface area (Å²) in [4.78, 5) is 98.4. The van der Waals surface area contributed by atoms with E-state index in [0.717, 1.165) is 0 Å². The van der Waals surface area contributed by atoms with E-state index in [1.165, 1.54) is 36.2 Å². The topological polar surface area (TPSA) is 258 Å². The standard InChI is InChI=1S/C31H39F2N4O7.C30H37F2N4O7.2V/c1-7-19-22(15-38)37-14-23(19)43-26-24(34-20-9-8-18(41-6)12-21(20)35-26)31(32,33)10-11-42-16-17-13-30(17,5)44-28(40)36-25(27(37)39)29(2,3)4;1-6-18-21(14-37)36-13-23(18)42-26-24(33-19-8-7-17(40-5)12-20(19)34-26)30(31,32)9-10-41-15-16-11-22(16)43-28(39)35-25(27(36)38)29(2,3)4;;/h8-9,12,17,19,22-23,25H,7,10-11,13-14,16H2,1-6H3,(H,36,40);7-8,12,16,18,21-23,25H,6,9-11,13,15H2,1-5H3,(H,35,39);;/q2*-1;;/t17-,19-,22+,23-,25+,30+;16-,18-,21+,22+,23-,25+;;/m00../s1. The van der Waals surface area contributed by atoms with Crippen molar-refractivity contribution < 1.29 is 121 Å². The number of alkyl carbamates (subject to hydrolysis) is 2. The fourth-order valence-electron chi connectivity index (χ4n) is 11.7. The molecule has 484 valence electrons. The monoisotopic (exact) mass is 1320 g/mol. The molecule has 4 aliphatic heterocycles. The molecule has 89 heavy (non-hydrogen) atoms. The van der Waals surface area contributed by atoms with Crippen LogP contribution >= 0.6 is 0 Å². The molecule has 0 spiro atoms. The molecule has 4 bridgehead atoms. The molecular weight excluding hydrogens is 1250 g/mol. The molecule has 6 heterocycles. The first-order valence-electron chi connectivity index (χ1n) is 29.4. The summed E-state index contributed by atoms with van der Waals surface area (Å²) in [6, 6.07) is 5.21. The number of ether oxygens (including phenoxy) is 8. The number of carbonyl (C=O) groups is 4. The van der Waals surface area contributed by atoms with Gasteiger partial charge in [0.25, 0.3) is 11.8 Å². The second-order valence-corrected chi connectivity index (χ2v) is 25.5. The third kappa shape index (κ3) is 15.5. The summed E-state index contributed by atoms with van der Waals surface area (Å²) < 4.78 is 108. The van der Waals surface area contributed by atoms with Crippen LogP contribution in [0.4, 0.5) is 27.2 Å². The van der Waals surface area contributed by atoms with Gasteiger partial charge in [-0.3, -0.25) is 9.59 Å². The van der Waals surface area contributed by atoms with Crippen molar-refractivity contribution >= 4 is 58.6 Å². The van der Waals surface area contributed by atoms with Crippen LogP contribution in [-0.4, -0.2) is 168 Å². The van der Waals surface area contributed by atoms with E-state index in [4.69, 9.17) is 37.9 Å². The number of aromatic nitrogens is 4. The fourth-order valence-corrected chi connectivity index (χ4v) is 11.7. The van der Waals surface area contributed by atoms with Crippen LogP contribution in [0.5, 0.6) is 23.3 Å². The number of carbonyl (C=O) groups excluding carboxylic acids is 6. The maximum absolute atomic E-state index is 15.9. The zero-order chi connectivity index (χ0) is 63.1. The number of hydrogen-bond donors (Lipinski definition) is 2. The first kappa shape index (κ1) is 70.4. The minimum Gasteiger partial charge on any atom is -0.540 e. The number of halogens is 4. The van der Waals surface area contributed by atoms with Crippen LogP contribution in [0.25, 0.3) is 22.1 Å². The molecule has 2 aromatic heterocycles. The number of rotatable bonds is 6. The summed E-state index contributed by atoms with van der Waals surface area (Å²) in [6.45, 7) is 15.5. The van der Waals surface area contributed by atoms with Gasteiger partial charge in [0, 0.05) is 73.9 Å². The second kappa shape index (κ2) is 27.8. The number of fused-ring (bicyclic) bond motifs is 10. The van der Waals surface area contributed by atoms with E-state index in [-0.39, 0.29) is 111 Å². The molecule has 2 aliphatic carbocycles. The van der Waals surface area contributed by atoms with Crippen molar-refractivity contribution in [3.05, 3.63) is 47.8 Å². The van der Waals surface area contributed by atoms with Gasteiger partial charge in [0.2, 0.25) is 23.6 Å². The molecule has 4 amide bonds. The first-order chi connectivity index (χ1) is 41.1. The minimum absolute atomic E-state index is 0. The Hall–Kier alpha value is -6.05. The summed E-state index contributed by atoms with van der Waals surface area (Å²) in [5.41, 5.74) is -2.70. The Morgan fingerprint density at radius 3 is 1.48 bits per heavy atom. The van der Waals surface area contributed by atoms with E-state index in [9.17, 15) is 28.8 Å². The van der Waals surface area contributed by atoms with Gasteiger partial charge >= 0.3 is 12.2 Å². The maximum atomic E-state index is 15.9. The molecular formula is C61H76F4N8O14V2-2. The van der Waals surface area contributed by atoms with E-state index in [1.54, 1.807) is 72.7 Å². The van der Waals surface area contributed by atoms with Gasteiger partial charge in [-0.15, -0.1) is 0 Å². The zero-order valence-corrected chi connectivity index (χ0v) is 54.4. The zero-order valence-electron chi connectivity index (χ0n) is 51.6. The second-order valence-electron chi connectivity index (χ2n) is 25.5. The Kier molecular flexibility index (Phi) is 22.0. The van der Waals surface area contributed by atoms with Crippen molar-refractivity contribution in [3.63, 3.8) is 0 Å². The van der Waals surface area contributed by atoms with Gasteiger partial charge in [0.15, 0.2) is 11.4 Å². The Bertz CT molecular complexity index is 3250. The molecule has 0 unspecified atom stereocenters. The Labute approximate surface area is 537 Å². The van der Waals surface area contributed by atoms with Gasteiger partial charge in [0.05, 0.1) is 75.8 Å². The third-order valence-electron chi connectivity index (χ3n) is 17.2. The van der Waals surface area contributed by atoms with Gasteiger partial charge < -0.3 is 67.9 Å². The maximum Gasteiger partial charge on any atom is 0.408 e. The number of nitrogens with one attached hydrogen (secondary N) is 2. The largest absolute Gasteiger partial charge is 0.540 e. The van der Waals surface area contributed by atoms with Crippen LogP contribution in [0.2, 0.25) is 0 Å². The van der Waals surface area contributed by atoms with Crippen molar-refractivity contribution in [2.75, 3.05) is 53.7 Å². The average molecular weight is 1320 g/mol. The van der Waals surface area contributed by atoms with Crippen LogP contribution in [0.15, 0.2) is 36.4 Å². The Morgan fingerprint density at radius 1 is 0.629 bits per heavy atom.